The Morgan fingerprint density at radius 2 is 1.47 bits per heavy atom. The van der Waals surface area contributed by atoms with Crippen molar-refractivity contribution in [1.82, 2.24) is 8.75 Å². The van der Waals surface area contributed by atoms with E-state index in [9.17, 15) is 0 Å². The van der Waals surface area contributed by atoms with Crippen molar-refractivity contribution in [1.29, 1.82) is 0 Å². The van der Waals surface area contributed by atoms with Crippen LogP contribution in [0.5, 0.6) is 0 Å². The molecule has 0 fully saturated rings. The van der Waals surface area contributed by atoms with E-state index < -0.39 is 0 Å². The summed E-state index contributed by atoms with van der Waals surface area (Å²) >= 11 is 7.73. The second-order valence-electron chi connectivity index (χ2n) is 4.14. The second kappa shape index (κ2) is 5.51. The molecule has 4 heteroatoms. The number of rotatable bonds is 3. The van der Waals surface area contributed by atoms with Gasteiger partial charge in [0.05, 0.1) is 11.7 Å². The molecule has 0 N–H and O–H groups in total. The third-order valence-electron chi connectivity index (χ3n) is 2.89. The highest BCUT2D eigenvalue weighted by Gasteiger charge is 2.19. The molecule has 3 rings (SSSR count). The Morgan fingerprint density at radius 1 is 0.842 bits per heavy atom. The Kier molecular flexibility index (Phi) is 3.58. The van der Waals surface area contributed by atoms with Gasteiger partial charge >= 0.3 is 0 Å². The summed E-state index contributed by atoms with van der Waals surface area (Å²) in [7, 11) is 0. The van der Waals surface area contributed by atoms with Gasteiger partial charge in [0, 0.05) is 5.56 Å². The minimum atomic E-state index is -0.268. The normalized spacial score (nSPS) is 12.3. The first-order valence-electron chi connectivity index (χ1n) is 5.93. The minimum absolute atomic E-state index is 0.268. The van der Waals surface area contributed by atoms with Gasteiger partial charge in [0.15, 0.2) is 0 Å². The molecule has 0 aliphatic carbocycles. The van der Waals surface area contributed by atoms with E-state index in [4.69, 9.17) is 11.6 Å². The summed E-state index contributed by atoms with van der Waals surface area (Å²) in [5.41, 5.74) is 3.78. The van der Waals surface area contributed by atoms with Crippen molar-refractivity contribution in [3.8, 4) is 11.3 Å². The van der Waals surface area contributed by atoms with Gasteiger partial charge in [-0.05, 0) is 5.56 Å². The zero-order valence-corrected chi connectivity index (χ0v) is 11.6. The first-order chi connectivity index (χ1) is 9.36. The number of hydrogen-bond acceptors (Lipinski definition) is 3. The van der Waals surface area contributed by atoms with E-state index in [0.29, 0.717) is 0 Å². The van der Waals surface area contributed by atoms with E-state index in [2.05, 4.69) is 8.75 Å². The number of alkyl halides is 1. The van der Waals surface area contributed by atoms with Gasteiger partial charge in [-0.15, -0.1) is 11.6 Å². The van der Waals surface area contributed by atoms with Crippen LogP contribution in [0.15, 0.2) is 60.7 Å². The van der Waals surface area contributed by atoms with Gasteiger partial charge in [0.1, 0.15) is 16.8 Å². The third kappa shape index (κ3) is 2.53. The Bertz CT molecular complexity index is 652. The fourth-order valence-electron chi connectivity index (χ4n) is 1.94. The lowest BCUT2D eigenvalue weighted by Gasteiger charge is -2.08. The molecule has 3 aromatic rings. The molecule has 2 aromatic carbocycles. The lowest BCUT2D eigenvalue weighted by molar-refractivity contribution is 1.09. The molecule has 19 heavy (non-hydrogen) atoms. The van der Waals surface area contributed by atoms with Crippen molar-refractivity contribution < 1.29 is 0 Å². The van der Waals surface area contributed by atoms with E-state index in [1.807, 2.05) is 60.7 Å². The summed E-state index contributed by atoms with van der Waals surface area (Å²) < 4.78 is 8.75. The summed E-state index contributed by atoms with van der Waals surface area (Å²) in [6.45, 7) is 0. The van der Waals surface area contributed by atoms with E-state index in [-0.39, 0.29) is 5.38 Å². The van der Waals surface area contributed by atoms with E-state index in [0.717, 1.165) is 22.5 Å². The standard InChI is InChI=1S/C15H11ClN2S/c16-13(11-7-3-1-4-8-11)15-14(17-19-18-15)12-9-5-2-6-10-12/h1-10,13H. The molecule has 0 amide bonds. The molecule has 0 aliphatic heterocycles. The van der Waals surface area contributed by atoms with Crippen LogP contribution in [0.4, 0.5) is 0 Å². The van der Waals surface area contributed by atoms with Crippen molar-refractivity contribution in [3.63, 3.8) is 0 Å². The molecule has 1 aromatic heterocycles. The number of benzene rings is 2. The van der Waals surface area contributed by atoms with E-state index in [1.54, 1.807) is 0 Å². The van der Waals surface area contributed by atoms with Gasteiger partial charge in [-0.25, -0.2) is 0 Å². The van der Waals surface area contributed by atoms with Crippen molar-refractivity contribution >= 4 is 23.3 Å². The molecular weight excluding hydrogens is 276 g/mol. The average Bonchev–Trinajstić information content (AvgIpc) is 2.98. The third-order valence-corrected chi connectivity index (χ3v) is 3.89. The maximum absolute atomic E-state index is 6.53. The average molecular weight is 287 g/mol. The van der Waals surface area contributed by atoms with Crippen LogP contribution >= 0.6 is 23.3 Å². The lowest BCUT2D eigenvalue weighted by Crippen LogP contribution is -1.96. The van der Waals surface area contributed by atoms with Crippen molar-refractivity contribution in [2.75, 3.05) is 0 Å². The zero-order chi connectivity index (χ0) is 13.1. The van der Waals surface area contributed by atoms with Crippen LogP contribution in [0, 0.1) is 0 Å². The Hall–Kier alpha value is -1.71. The maximum atomic E-state index is 6.53. The Labute approximate surface area is 121 Å². The topological polar surface area (TPSA) is 25.8 Å². The summed E-state index contributed by atoms with van der Waals surface area (Å²) in [5.74, 6) is 0. The number of halogens is 1. The number of nitrogens with zero attached hydrogens (tertiary/aromatic N) is 2. The highest BCUT2D eigenvalue weighted by molar-refractivity contribution is 6.99. The molecule has 94 valence electrons. The van der Waals surface area contributed by atoms with E-state index >= 15 is 0 Å². The molecule has 0 saturated heterocycles. The zero-order valence-electron chi connectivity index (χ0n) is 10.0. The van der Waals surface area contributed by atoms with Gasteiger partial charge in [-0.3, -0.25) is 0 Å². The molecule has 0 aliphatic rings. The van der Waals surface area contributed by atoms with E-state index in [1.165, 1.54) is 11.7 Å². The molecule has 0 spiro atoms. The van der Waals surface area contributed by atoms with Gasteiger partial charge in [-0.1, -0.05) is 60.7 Å². The predicted octanol–water partition coefficient (Wildman–Crippen LogP) is 4.53. The SMILES string of the molecule is ClC(c1ccccc1)c1nsnc1-c1ccccc1. The van der Waals surface area contributed by atoms with Crippen LogP contribution in [0.25, 0.3) is 11.3 Å². The van der Waals surface area contributed by atoms with Crippen molar-refractivity contribution in [2.45, 2.75) is 5.38 Å². The quantitative estimate of drug-likeness (QED) is 0.661. The molecule has 1 heterocycles. The van der Waals surface area contributed by atoms with Crippen LogP contribution in [0.3, 0.4) is 0 Å². The predicted molar refractivity (Wildman–Crippen MR) is 79.5 cm³/mol. The van der Waals surface area contributed by atoms with Gasteiger partial charge in [0.25, 0.3) is 0 Å². The first kappa shape index (κ1) is 12.3. The van der Waals surface area contributed by atoms with Gasteiger partial charge in [0.2, 0.25) is 0 Å². The second-order valence-corrected chi connectivity index (χ2v) is 5.10. The number of hydrogen-bond donors (Lipinski definition) is 0. The molecule has 1 atom stereocenters. The molecular formula is C15H11ClN2S. The summed E-state index contributed by atoms with van der Waals surface area (Å²) in [4.78, 5) is 0. The van der Waals surface area contributed by atoms with Crippen LogP contribution < -0.4 is 0 Å². The van der Waals surface area contributed by atoms with Crippen LogP contribution in [-0.4, -0.2) is 8.75 Å². The summed E-state index contributed by atoms with van der Waals surface area (Å²) in [5, 5.41) is -0.268. The van der Waals surface area contributed by atoms with Crippen LogP contribution in [0.1, 0.15) is 16.6 Å². The summed E-state index contributed by atoms with van der Waals surface area (Å²) in [6, 6.07) is 20.0. The molecule has 0 bridgehead atoms. The Balaban J connectivity index is 2.01. The molecule has 0 radical (unpaired) electrons. The fraction of sp³-hybridized carbons (Fsp3) is 0.0667. The lowest BCUT2D eigenvalue weighted by atomic mass is 10.0. The van der Waals surface area contributed by atoms with Gasteiger partial charge < -0.3 is 0 Å². The van der Waals surface area contributed by atoms with Crippen molar-refractivity contribution in [3.05, 3.63) is 71.9 Å². The monoisotopic (exact) mass is 286 g/mol. The van der Waals surface area contributed by atoms with Crippen LogP contribution in [-0.2, 0) is 0 Å². The fourth-order valence-corrected chi connectivity index (χ4v) is 2.89. The highest BCUT2D eigenvalue weighted by atomic mass is 35.5. The first-order valence-corrected chi connectivity index (χ1v) is 7.10. The smallest absolute Gasteiger partial charge is 0.109 e. The Morgan fingerprint density at radius 3 is 2.16 bits per heavy atom. The number of aromatic nitrogens is 2. The molecule has 2 nitrogen and oxygen atoms in total. The maximum Gasteiger partial charge on any atom is 0.109 e. The van der Waals surface area contributed by atoms with Gasteiger partial charge in [-0.2, -0.15) is 8.75 Å². The highest BCUT2D eigenvalue weighted by Crippen LogP contribution is 2.34. The summed E-state index contributed by atoms with van der Waals surface area (Å²) in [6.07, 6.45) is 0. The van der Waals surface area contributed by atoms with Crippen molar-refractivity contribution in [2.24, 2.45) is 0 Å². The van der Waals surface area contributed by atoms with Crippen LogP contribution in [0.2, 0.25) is 0 Å². The molecule has 0 saturated carbocycles. The molecule has 1 unspecified atom stereocenters. The largest absolute Gasteiger partial charge is 0.175 e. The minimum Gasteiger partial charge on any atom is -0.175 e.